The van der Waals surface area contributed by atoms with Gasteiger partial charge >= 0.3 is 0 Å². The summed E-state index contributed by atoms with van der Waals surface area (Å²) in [6.07, 6.45) is 3.84. The molecule has 1 fully saturated rings. The second-order valence-corrected chi connectivity index (χ2v) is 6.98. The number of nitrogens with zero attached hydrogens (tertiary/aromatic N) is 2. The molecule has 1 aliphatic heterocycles. The predicted molar refractivity (Wildman–Crippen MR) is 112 cm³/mol. The summed E-state index contributed by atoms with van der Waals surface area (Å²) < 4.78 is 10.7. The third kappa shape index (κ3) is 6.94. The van der Waals surface area contributed by atoms with Gasteiger partial charge in [-0.1, -0.05) is 13.0 Å². The molecule has 1 aromatic rings. The van der Waals surface area contributed by atoms with Gasteiger partial charge in [0.15, 0.2) is 17.5 Å². The van der Waals surface area contributed by atoms with Crippen molar-refractivity contribution in [3.05, 3.63) is 23.8 Å². The highest BCUT2D eigenvalue weighted by Gasteiger charge is 2.17. The number of hydrogen-bond acceptors (Lipinski definition) is 4. The highest BCUT2D eigenvalue weighted by Crippen LogP contribution is 2.27. The minimum atomic E-state index is 0.602. The van der Waals surface area contributed by atoms with E-state index in [1.807, 2.05) is 18.2 Å². The fourth-order valence-electron chi connectivity index (χ4n) is 3.48. The minimum absolute atomic E-state index is 0.602. The molecule has 0 aromatic heterocycles. The maximum absolute atomic E-state index is 5.37. The van der Waals surface area contributed by atoms with Crippen LogP contribution >= 0.6 is 0 Å². The summed E-state index contributed by atoms with van der Waals surface area (Å²) in [5, 5.41) is 6.82. The monoisotopic (exact) mass is 376 g/mol. The fraction of sp³-hybridized carbons (Fsp3) is 0.667. The van der Waals surface area contributed by atoms with Gasteiger partial charge in [0.25, 0.3) is 0 Å². The molecule has 0 radical (unpaired) electrons. The molecular weight excluding hydrogens is 340 g/mol. The van der Waals surface area contributed by atoms with Crippen molar-refractivity contribution in [2.24, 2.45) is 10.9 Å². The molecule has 0 bridgehead atoms. The van der Waals surface area contributed by atoms with Crippen LogP contribution in [0.25, 0.3) is 0 Å². The Hall–Kier alpha value is -1.95. The van der Waals surface area contributed by atoms with Crippen molar-refractivity contribution in [2.75, 3.05) is 46.9 Å². The van der Waals surface area contributed by atoms with Gasteiger partial charge in [-0.2, -0.15) is 0 Å². The van der Waals surface area contributed by atoms with Crippen LogP contribution in [0.4, 0.5) is 0 Å². The van der Waals surface area contributed by atoms with Crippen molar-refractivity contribution in [1.82, 2.24) is 15.5 Å². The molecule has 1 aliphatic rings. The number of guanidine groups is 1. The standard InChI is InChI=1S/C21H36N4O2/c1-5-22-21(23-12-9-17-10-13-25(6-2)14-11-17)24-16-18-7-8-19(26-3)20(15-18)27-4/h7-8,15,17H,5-6,9-14,16H2,1-4H3,(H2,22,23,24). The zero-order chi connectivity index (χ0) is 19.5. The zero-order valence-electron chi connectivity index (χ0n) is 17.4. The normalized spacial score (nSPS) is 16.2. The Morgan fingerprint density at radius 2 is 1.85 bits per heavy atom. The van der Waals surface area contributed by atoms with Crippen molar-refractivity contribution >= 4 is 5.96 Å². The Morgan fingerprint density at radius 3 is 2.48 bits per heavy atom. The van der Waals surface area contributed by atoms with Crippen LogP contribution in [0.2, 0.25) is 0 Å². The molecule has 0 saturated carbocycles. The topological polar surface area (TPSA) is 58.1 Å². The smallest absolute Gasteiger partial charge is 0.191 e. The minimum Gasteiger partial charge on any atom is -0.493 e. The number of hydrogen-bond donors (Lipinski definition) is 2. The van der Waals surface area contributed by atoms with Gasteiger partial charge in [0.05, 0.1) is 20.8 Å². The molecule has 2 rings (SSSR count). The van der Waals surface area contributed by atoms with Gasteiger partial charge in [-0.15, -0.1) is 0 Å². The lowest BCUT2D eigenvalue weighted by Crippen LogP contribution is -2.39. The quantitative estimate of drug-likeness (QED) is 0.513. The Kier molecular flexibility index (Phi) is 9.25. The maximum atomic E-state index is 5.37. The summed E-state index contributed by atoms with van der Waals surface area (Å²) in [4.78, 5) is 7.25. The van der Waals surface area contributed by atoms with E-state index in [0.29, 0.717) is 6.54 Å². The van der Waals surface area contributed by atoms with E-state index in [4.69, 9.17) is 14.5 Å². The first kappa shape index (κ1) is 21.4. The van der Waals surface area contributed by atoms with E-state index < -0.39 is 0 Å². The first-order valence-electron chi connectivity index (χ1n) is 10.2. The molecule has 1 aromatic carbocycles. The average molecular weight is 377 g/mol. The molecule has 1 heterocycles. The van der Waals surface area contributed by atoms with E-state index in [-0.39, 0.29) is 0 Å². The van der Waals surface area contributed by atoms with Gasteiger partial charge in [0.2, 0.25) is 0 Å². The number of rotatable bonds is 9. The van der Waals surface area contributed by atoms with Crippen LogP contribution in [-0.4, -0.2) is 57.8 Å². The van der Waals surface area contributed by atoms with Crippen LogP contribution in [-0.2, 0) is 6.54 Å². The van der Waals surface area contributed by atoms with Crippen molar-refractivity contribution in [2.45, 2.75) is 39.7 Å². The number of aliphatic imine (C=N–C) groups is 1. The van der Waals surface area contributed by atoms with Crippen LogP contribution in [0.3, 0.4) is 0 Å². The third-order valence-corrected chi connectivity index (χ3v) is 5.21. The molecule has 0 amide bonds. The molecule has 152 valence electrons. The van der Waals surface area contributed by atoms with Gasteiger partial charge in [-0.3, -0.25) is 0 Å². The van der Waals surface area contributed by atoms with Crippen molar-refractivity contribution < 1.29 is 9.47 Å². The Morgan fingerprint density at radius 1 is 1.11 bits per heavy atom. The highest BCUT2D eigenvalue weighted by molar-refractivity contribution is 5.79. The molecule has 0 aliphatic carbocycles. The summed E-state index contributed by atoms with van der Waals surface area (Å²) in [5.74, 6) is 3.18. The molecule has 0 unspecified atom stereocenters. The first-order chi connectivity index (χ1) is 13.2. The van der Waals surface area contributed by atoms with E-state index in [2.05, 4.69) is 29.4 Å². The molecule has 6 heteroatoms. The highest BCUT2D eigenvalue weighted by atomic mass is 16.5. The lowest BCUT2D eigenvalue weighted by molar-refractivity contribution is 0.187. The van der Waals surface area contributed by atoms with Gasteiger partial charge in [0, 0.05) is 13.1 Å². The molecule has 27 heavy (non-hydrogen) atoms. The van der Waals surface area contributed by atoms with Crippen molar-refractivity contribution in [3.63, 3.8) is 0 Å². The summed E-state index contributed by atoms with van der Waals surface area (Å²) in [7, 11) is 3.30. The van der Waals surface area contributed by atoms with Gasteiger partial charge in [0.1, 0.15) is 0 Å². The third-order valence-electron chi connectivity index (χ3n) is 5.21. The van der Waals surface area contributed by atoms with E-state index in [1.165, 1.54) is 38.9 Å². The number of likely N-dealkylation sites (tertiary alicyclic amines) is 1. The maximum Gasteiger partial charge on any atom is 0.191 e. The summed E-state index contributed by atoms with van der Waals surface area (Å²) in [6, 6.07) is 5.93. The fourth-order valence-corrected chi connectivity index (χ4v) is 3.48. The van der Waals surface area contributed by atoms with Crippen molar-refractivity contribution in [1.29, 1.82) is 0 Å². The number of nitrogens with one attached hydrogen (secondary N) is 2. The SMILES string of the molecule is CCNC(=NCc1ccc(OC)c(OC)c1)NCCC1CCN(CC)CC1. The Labute approximate surface area is 164 Å². The van der Waals surface area contributed by atoms with Crippen LogP contribution in [0.15, 0.2) is 23.2 Å². The zero-order valence-corrected chi connectivity index (χ0v) is 17.4. The summed E-state index contributed by atoms with van der Waals surface area (Å²) >= 11 is 0. The van der Waals surface area contributed by atoms with Crippen LogP contribution < -0.4 is 20.1 Å². The Bertz CT molecular complexity index is 584. The number of ether oxygens (including phenoxy) is 2. The molecule has 0 atom stereocenters. The predicted octanol–water partition coefficient (Wildman–Crippen LogP) is 2.88. The second-order valence-electron chi connectivity index (χ2n) is 6.98. The lowest BCUT2D eigenvalue weighted by atomic mass is 9.93. The van der Waals surface area contributed by atoms with Crippen LogP contribution in [0.1, 0.15) is 38.7 Å². The average Bonchev–Trinajstić information content (AvgIpc) is 2.72. The second kappa shape index (κ2) is 11.7. The molecule has 1 saturated heterocycles. The Balaban J connectivity index is 1.83. The molecule has 0 spiro atoms. The van der Waals surface area contributed by atoms with E-state index in [0.717, 1.165) is 42.0 Å². The van der Waals surface area contributed by atoms with Gasteiger partial charge in [-0.25, -0.2) is 4.99 Å². The van der Waals surface area contributed by atoms with E-state index in [1.54, 1.807) is 14.2 Å². The largest absolute Gasteiger partial charge is 0.493 e. The van der Waals surface area contributed by atoms with Crippen LogP contribution in [0.5, 0.6) is 11.5 Å². The number of piperidine rings is 1. The number of methoxy groups -OCH3 is 2. The lowest BCUT2D eigenvalue weighted by Gasteiger charge is -2.31. The van der Waals surface area contributed by atoms with E-state index >= 15 is 0 Å². The first-order valence-corrected chi connectivity index (χ1v) is 10.2. The van der Waals surface area contributed by atoms with E-state index in [9.17, 15) is 0 Å². The van der Waals surface area contributed by atoms with Crippen LogP contribution in [0, 0.1) is 5.92 Å². The summed E-state index contributed by atoms with van der Waals surface area (Å²) in [5.41, 5.74) is 1.09. The molecule has 2 N–H and O–H groups in total. The van der Waals surface area contributed by atoms with Gasteiger partial charge < -0.3 is 25.0 Å². The molecule has 6 nitrogen and oxygen atoms in total. The summed E-state index contributed by atoms with van der Waals surface area (Å²) in [6.45, 7) is 10.4. The van der Waals surface area contributed by atoms with Crippen molar-refractivity contribution in [3.8, 4) is 11.5 Å². The molecular formula is C21H36N4O2. The number of benzene rings is 1. The van der Waals surface area contributed by atoms with Gasteiger partial charge in [-0.05, 0) is 69.4 Å².